The van der Waals surface area contributed by atoms with Crippen LogP contribution in [0, 0.1) is 0 Å². The Hall–Kier alpha value is -2.86. The van der Waals surface area contributed by atoms with Crippen LogP contribution in [-0.4, -0.2) is 27.2 Å². The highest BCUT2D eigenvalue weighted by molar-refractivity contribution is 6.31. The van der Waals surface area contributed by atoms with E-state index in [2.05, 4.69) is 15.6 Å². The van der Waals surface area contributed by atoms with Crippen LogP contribution >= 0.6 is 11.6 Å². The number of carbonyl (C=O) groups excluding carboxylic acids is 2. The molecule has 1 aromatic carbocycles. The summed E-state index contributed by atoms with van der Waals surface area (Å²) in [6, 6.07) is 12.2. The average molecular weight is 371 g/mol. The maximum atomic E-state index is 12.7. The fourth-order valence-corrected chi connectivity index (χ4v) is 2.70. The molecule has 0 spiro atoms. The van der Waals surface area contributed by atoms with Crippen LogP contribution in [-0.2, 0) is 0 Å². The van der Waals surface area contributed by atoms with Crippen molar-refractivity contribution in [3.8, 4) is 0 Å². The Labute approximate surface area is 156 Å². The van der Waals surface area contributed by atoms with E-state index in [0.29, 0.717) is 16.2 Å². The minimum absolute atomic E-state index is 0.0201. The minimum atomic E-state index is -0.420. The van der Waals surface area contributed by atoms with Crippen molar-refractivity contribution >= 4 is 34.6 Å². The molecule has 0 aliphatic heterocycles. The van der Waals surface area contributed by atoms with Crippen LogP contribution in [0.1, 0.15) is 41.4 Å². The van der Waals surface area contributed by atoms with Crippen molar-refractivity contribution in [2.24, 2.45) is 0 Å². The number of imidazole rings is 1. The highest BCUT2D eigenvalue weighted by atomic mass is 35.5. The van der Waals surface area contributed by atoms with Gasteiger partial charge in [-0.1, -0.05) is 30.7 Å². The van der Waals surface area contributed by atoms with Gasteiger partial charge in [-0.05, 0) is 43.7 Å². The first-order valence-corrected chi connectivity index (χ1v) is 8.72. The lowest BCUT2D eigenvalue weighted by Crippen LogP contribution is -2.32. The summed E-state index contributed by atoms with van der Waals surface area (Å²) in [6.45, 7) is 3.91. The minimum Gasteiger partial charge on any atom is -0.348 e. The van der Waals surface area contributed by atoms with Crippen molar-refractivity contribution in [2.75, 3.05) is 5.32 Å². The number of nitrogens with zero attached hydrogens (tertiary/aromatic N) is 2. The monoisotopic (exact) mass is 370 g/mol. The molecule has 1 unspecified atom stereocenters. The number of fused-ring (bicyclic) bond motifs is 1. The molecule has 0 saturated heterocycles. The first-order valence-electron chi connectivity index (χ1n) is 8.34. The summed E-state index contributed by atoms with van der Waals surface area (Å²) in [5, 5.41) is 6.16. The fourth-order valence-electron chi connectivity index (χ4n) is 2.51. The Kier molecular flexibility index (Phi) is 5.23. The van der Waals surface area contributed by atoms with Crippen molar-refractivity contribution in [3.05, 3.63) is 65.2 Å². The van der Waals surface area contributed by atoms with Gasteiger partial charge in [-0.2, -0.15) is 0 Å². The van der Waals surface area contributed by atoms with Crippen LogP contribution in [0.2, 0.25) is 5.02 Å². The predicted octanol–water partition coefficient (Wildman–Crippen LogP) is 3.77. The molecule has 0 fully saturated rings. The number of hydrogen-bond acceptors (Lipinski definition) is 3. The largest absolute Gasteiger partial charge is 0.348 e. The lowest BCUT2D eigenvalue weighted by atomic mass is 10.2. The van der Waals surface area contributed by atoms with Gasteiger partial charge in [0, 0.05) is 22.9 Å². The standard InChI is InChI=1S/C19H19ClN4O2/c1-3-12(2)21-18(25)16-15-9-4-5-10-24(15)17(23-16)19(26)22-14-8-6-7-13(20)11-14/h4-12H,3H2,1-2H3,(H,21,25)(H,22,26). The Morgan fingerprint density at radius 1 is 1.19 bits per heavy atom. The summed E-state index contributed by atoms with van der Waals surface area (Å²) >= 11 is 5.95. The molecule has 0 bridgehead atoms. The number of amides is 2. The van der Waals surface area contributed by atoms with E-state index in [0.717, 1.165) is 6.42 Å². The van der Waals surface area contributed by atoms with E-state index in [1.807, 2.05) is 13.8 Å². The summed E-state index contributed by atoms with van der Waals surface area (Å²) in [4.78, 5) is 29.5. The molecule has 0 aliphatic rings. The molecule has 7 heteroatoms. The summed E-state index contributed by atoms with van der Waals surface area (Å²) in [6.07, 6.45) is 2.51. The lowest BCUT2D eigenvalue weighted by molar-refractivity contribution is 0.0936. The number of rotatable bonds is 5. The van der Waals surface area contributed by atoms with Gasteiger partial charge in [-0.25, -0.2) is 4.98 Å². The topological polar surface area (TPSA) is 75.5 Å². The molecule has 2 amide bonds. The third-order valence-corrected chi connectivity index (χ3v) is 4.27. The van der Waals surface area contributed by atoms with Gasteiger partial charge in [0.15, 0.2) is 5.69 Å². The van der Waals surface area contributed by atoms with Gasteiger partial charge in [0.05, 0.1) is 5.52 Å². The van der Waals surface area contributed by atoms with E-state index in [4.69, 9.17) is 11.6 Å². The number of carbonyl (C=O) groups is 2. The smallest absolute Gasteiger partial charge is 0.292 e. The summed E-state index contributed by atoms with van der Waals surface area (Å²) in [5.41, 5.74) is 1.35. The third kappa shape index (κ3) is 3.70. The maximum Gasteiger partial charge on any atom is 0.292 e. The zero-order valence-corrected chi connectivity index (χ0v) is 15.2. The van der Waals surface area contributed by atoms with Crippen molar-refractivity contribution in [3.63, 3.8) is 0 Å². The van der Waals surface area contributed by atoms with Crippen molar-refractivity contribution < 1.29 is 9.59 Å². The number of halogens is 1. The molecule has 2 aromatic heterocycles. The Bertz CT molecular complexity index is 967. The molecule has 2 N–H and O–H groups in total. The second-order valence-electron chi connectivity index (χ2n) is 5.99. The molecule has 3 aromatic rings. The molecule has 3 rings (SSSR count). The van der Waals surface area contributed by atoms with E-state index in [1.165, 1.54) is 0 Å². The second kappa shape index (κ2) is 7.58. The Morgan fingerprint density at radius 2 is 2.00 bits per heavy atom. The average Bonchev–Trinajstić information content (AvgIpc) is 3.01. The molecule has 0 saturated carbocycles. The summed E-state index contributed by atoms with van der Waals surface area (Å²) in [5.74, 6) is -0.587. The highest BCUT2D eigenvalue weighted by Gasteiger charge is 2.22. The van der Waals surface area contributed by atoms with Gasteiger partial charge in [0.25, 0.3) is 11.8 Å². The molecule has 6 nitrogen and oxygen atoms in total. The van der Waals surface area contributed by atoms with Crippen LogP contribution in [0.5, 0.6) is 0 Å². The van der Waals surface area contributed by atoms with Crippen LogP contribution < -0.4 is 10.6 Å². The zero-order chi connectivity index (χ0) is 18.7. The van der Waals surface area contributed by atoms with Crippen LogP contribution in [0.3, 0.4) is 0 Å². The van der Waals surface area contributed by atoms with E-state index in [9.17, 15) is 9.59 Å². The van der Waals surface area contributed by atoms with Gasteiger partial charge in [-0.15, -0.1) is 0 Å². The number of hydrogen-bond donors (Lipinski definition) is 2. The van der Waals surface area contributed by atoms with Crippen molar-refractivity contribution in [2.45, 2.75) is 26.3 Å². The fraction of sp³-hybridized carbons (Fsp3) is 0.211. The van der Waals surface area contributed by atoms with E-state index < -0.39 is 5.91 Å². The van der Waals surface area contributed by atoms with Gasteiger partial charge in [-0.3, -0.25) is 14.0 Å². The number of benzene rings is 1. The quantitative estimate of drug-likeness (QED) is 0.717. The molecule has 2 heterocycles. The van der Waals surface area contributed by atoms with E-state index >= 15 is 0 Å². The molecular weight excluding hydrogens is 352 g/mol. The number of aromatic nitrogens is 2. The normalized spacial score (nSPS) is 12.0. The Balaban J connectivity index is 1.96. The van der Waals surface area contributed by atoms with Gasteiger partial charge in [0.2, 0.25) is 5.82 Å². The summed E-state index contributed by atoms with van der Waals surface area (Å²) < 4.78 is 1.60. The van der Waals surface area contributed by atoms with E-state index in [-0.39, 0.29) is 23.5 Å². The van der Waals surface area contributed by atoms with Crippen LogP contribution in [0.15, 0.2) is 48.7 Å². The van der Waals surface area contributed by atoms with Crippen molar-refractivity contribution in [1.82, 2.24) is 14.7 Å². The Morgan fingerprint density at radius 3 is 2.73 bits per heavy atom. The highest BCUT2D eigenvalue weighted by Crippen LogP contribution is 2.18. The number of nitrogens with one attached hydrogen (secondary N) is 2. The van der Waals surface area contributed by atoms with Gasteiger partial charge in [0.1, 0.15) is 0 Å². The van der Waals surface area contributed by atoms with Crippen LogP contribution in [0.4, 0.5) is 5.69 Å². The maximum absolute atomic E-state index is 12.7. The van der Waals surface area contributed by atoms with Gasteiger partial charge >= 0.3 is 0 Å². The molecule has 0 aliphatic carbocycles. The SMILES string of the molecule is CCC(C)NC(=O)c1nc(C(=O)Nc2cccc(Cl)c2)n2ccccc12. The van der Waals surface area contributed by atoms with E-state index in [1.54, 1.807) is 53.1 Å². The second-order valence-corrected chi connectivity index (χ2v) is 6.42. The molecular formula is C19H19ClN4O2. The third-order valence-electron chi connectivity index (χ3n) is 4.04. The first kappa shape index (κ1) is 17.9. The predicted molar refractivity (Wildman–Crippen MR) is 102 cm³/mol. The molecule has 134 valence electrons. The van der Waals surface area contributed by atoms with Crippen molar-refractivity contribution in [1.29, 1.82) is 0 Å². The molecule has 0 radical (unpaired) electrons. The molecule has 1 atom stereocenters. The number of pyridine rings is 1. The zero-order valence-electron chi connectivity index (χ0n) is 14.5. The first-order chi connectivity index (χ1) is 12.5. The van der Waals surface area contributed by atoms with Gasteiger partial charge < -0.3 is 10.6 Å². The molecule has 26 heavy (non-hydrogen) atoms. The lowest BCUT2D eigenvalue weighted by Gasteiger charge is -2.09. The number of anilines is 1. The van der Waals surface area contributed by atoms with Crippen LogP contribution in [0.25, 0.3) is 5.52 Å². The summed E-state index contributed by atoms with van der Waals surface area (Å²) in [7, 11) is 0.